The molecule has 1 amide bonds. The van der Waals surface area contributed by atoms with Gasteiger partial charge in [-0.2, -0.15) is 0 Å². The molecule has 0 bridgehead atoms. The molecular weight excluding hydrogens is 469 g/mol. The Morgan fingerprint density at radius 1 is 0.882 bits per heavy atom. The summed E-state index contributed by atoms with van der Waals surface area (Å²) in [7, 11) is 0. The van der Waals surface area contributed by atoms with Gasteiger partial charge in [0.15, 0.2) is 0 Å². The maximum Gasteiger partial charge on any atom is 0.251 e. The molecule has 7 heteroatoms. The van der Waals surface area contributed by atoms with Gasteiger partial charge < -0.3 is 15.7 Å². The van der Waals surface area contributed by atoms with Crippen LogP contribution in [-0.4, -0.2) is 29.0 Å². The molecule has 3 rings (SSSR count). The molecule has 3 aromatic rings. The first-order valence-electron chi connectivity index (χ1n) is 11.5. The molecule has 0 atom stereocenters. The summed E-state index contributed by atoms with van der Waals surface area (Å²) in [5.74, 6) is 0.131. The molecule has 3 aromatic carbocycles. The molecule has 0 aromatic heterocycles. The van der Waals surface area contributed by atoms with Crippen LogP contribution in [0, 0.1) is 0 Å². The van der Waals surface area contributed by atoms with Crippen molar-refractivity contribution in [1.29, 1.82) is 0 Å². The van der Waals surface area contributed by atoms with Crippen LogP contribution in [0.25, 0.3) is 0 Å². The molecule has 34 heavy (non-hydrogen) atoms. The van der Waals surface area contributed by atoms with E-state index >= 15 is 0 Å². The standard InChI is InChI=1S/C27H31Cl2N3O2/c1-3-13-32(14-4-2)18-21-15-19(5-12-26(21)33)17-30-27(34)20-6-8-22(9-7-20)31-23-10-11-24(28)25(29)16-23/h5-12,15-16,31,33H,3-4,13-14,17-18H2,1-2H3,(H,30,34). The Morgan fingerprint density at radius 3 is 2.21 bits per heavy atom. The zero-order valence-electron chi connectivity index (χ0n) is 19.6. The predicted molar refractivity (Wildman–Crippen MR) is 141 cm³/mol. The van der Waals surface area contributed by atoms with Crippen molar-refractivity contribution in [2.24, 2.45) is 0 Å². The van der Waals surface area contributed by atoms with Gasteiger partial charge in [-0.05, 0) is 86.1 Å². The number of aromatic hydroxyl groups is 1. The number of nitrogens with one attached hydrogen (secondary N) is 2. The van der Waals surface area contributed by atoms with Crippen LogP contribution in [0.4, 0.5) is 11.4 Å². The highest BCUT2D eigenvalue weighted by atomic mass is 35.5. The highest BCUT2D eigenvalue weighted by Crippen LogP contribution is 2.27. The van der Waals surface area contributed by atoms with Gasteiger partial charge in [-0.15, -0.1) is 0 Å². The van der Waals surface area contributed by atoms with Crippen molar-refractivity contribution in [2.75, 3.05) is 18.4 Å². The van der Waals surface area contributed by atoms with Gasteiger partial charge in [0.2, 0.25) is 0 Å². The van der Waals surface area contributed by atoms with Crippen molar-refractivity contribution in [1.82, 2.24) is 10.2 Å². The van der Waals surface area contributed by atoms with Crippen molar-refractivity contribution in [3.8, 4) is 5.75 Å². The molecule has 5 nitrogen and oxygen atoms in total. The van der Waals surface area contributed by atoms with Gasteiger partial charge >= 0.3 is 0 Å². The average molecular weight is 500 g/mol. The number of phenolic OH excluding ortho intramolecular Hbond substituents is 1. The van der Waals surface area contributed by atoms with Crippen LogP contribution in [0.15, 0.2) is 60.7 Å². The van der Waals surface area contributed by atoms with Crippen LogP contribution in [-0.2, 0) is 13.1 Å². The van der Waals surface area contributed by atoms with Crippen molar-refractivity contribution in [2.45, 2.75) is 39.8 Å². The fraction of sp³-hybridized carbons (Fsp3) is 0.296. The fourth-order valence-corrected chi connectivity index (χ4v) is 4.05. The number of hydrogen-bond acceptors (Lipinski definition) is 4. The fourth-order valence-electron chi connectivity index (χ4n) is 3.75. The lowest BCUT2D eigenvalue weighted by atomic mass is 10.1. The largest absolute Gasteiger partial charge is 0.508 e. The van der Waals surface area contributed by atoms with E-state index in [4.69, 9.17) is 23.2 Å². The van der Waals surface area contributed by atoms with Gasteiger partial charge in [-0.1, -0.05) is 43.1 Å². The summed E-state index contributed by atoms with van der Waals surface area (Å²) in [5, 5.41) is 17.5. The number of nitrogens with zero attached hydrogens (tertiary/aromatic N) is 1. The summed E-state index contributed by atoms with van der Waals surface area (Å²) in [5.41, 5.74) is 4.04. The highest BCUT2D eigenvalue weighted by Gasteiger charge is 2.11. The van der Waals surface area contributed by atoms with Crippen LogP contribution in [0.2, 0.25) is 10.0 Å². The molecule has 0 saturated carbocycles. The molecule has 0 aliphatic heterocycles. The Balaban J connectivity index is 1.59. The van der Waals surface area contributed by atoms with Gasteiger partial charge in [-0.3, -0.25) is 9.69 Å². The average Bonchev–Trinajstić information content (AvgIpc) is 2.82. The van der Waals surface area contributed by atoms with E-state index in [0.29, 0.717) is 28.7 Å². The van der Waals surface area contributed by atoms with Crippen molar-refractivity contribution >= 4 is 40.5 Å². The lowest BCUT2D eigenvalue weighted by Gasteiger charge is -2.22. The van der Waals surface area contributed by atoms with E-state index in [1.54, 1.807) is 30.3 Å². The quantitative estimate of drug-likeness (QED) is 0.265. The highest BCUT2D eigenvalue weighted by molar-refractivity contribution is 6.42. The minimum absolute atomic E-state index is 0.158. The minimum Gasteiger partial charge on any atom is -0.508 e. The second-order valence-electron chi connectivity index (χ2n) is 8.25. The number of rotatable bonds is 11. The van der Waals surface area contributed by atoms with E-state index in [9.17, 15) is 9.90 Å². The second-order valence-corrected chi connectivity index (χ2v) is 9.07. The monoisotopic (exact) mass is 499 g/mol. The number of carbonyl (C=O) groups excluding carboxylic acids is 1. The first-order valence-corrected chi connectivity index (χ1v) is 12.3. The Labute approximate surface area is 211 Å². The van der Waals surface area contributed by atoms with Gasteiger partial charge in [-0.25, -0.2) is 0 Å². The van der Waals surface area contributed by atoms with Crippen LogP contribution in [0.5, 0.6) is 5.75 Å². The van der Waals surface area contributed by atoms with E-state index in [0.717, 1.165) is 48.4 Å². The maximum absolute atomic E-state index is 12.6. The molecule has 0 heterocycles. The van der Waals surface area contributed by atoms with E-state index < -0.39 is 0 Å². The number of benzene rings is 3. The van der Waals surface area contributed by atoms with E-state index in [1.807, 2.05) is 30.3 Å². The smallest absolute Gasteiger partial charge is 0.251 e. The third kappa shape index (κ3) is 7.39. The summed E-state index contributed by atoms with van der Waals surface area (Å²) in [4.78, 5) is 15.0. The Hall–Kier alpha value is -2.73. The number of phenols is 1. The first-order chi connectivity index (χ1) is 16.4. The summed E-state index contributed by atoms with van der Waals surface area (Å²) in [6.07, 6.45) is 2.14. The van der Waals surface area contributed by atoms with Crippen LogP contribution in [0.3, 0.4) is 0 Å². The zero-order valence-corrected chi connectivity index (χ0v) is 21.1. The molecule has 0 aliphatic carbocycles. The molecular formula is C27H31Cl2N3O2. The number of hydrogen-bond donors (Lipinski definition) is 3. The van der Waals surface area contributed by atoms with Crippen molar-refractivity contribution in [3.05, 3.63) is 87.4 Å². The van der Waals surface area contributed by atoms with Gasteiger partial charge in [0.1, 0.15) is 5.75 Å². The summed E-state index contributed by atoms with van der Waals surface area (Å²) in [6.45, 7) is 7.38. The maximum atomic E-state index is 12.6. The van der Waals surface area contributed by atoms with Crippen molar-refractivity contribution in [3.63, 3.8) is 0 Å². The third-order valence-electron chi connectivity index (χ3n) is 5.43. The predicted octanol–water partition coefficient (Wildman–Crippen LogP) is 6.99. The Kier molecular flexibility index (Phi) is 9.63. The topological polar surface area (TPSA) is 64.6 Å². The van der Waals surface area contributed by atoms with Gasteiger partial charge in [0, 0.05) is 35.6 Å². The van der Waals surface area contributed by atoms with Crippen molar-refractivity contribution < 1.29 is 9.90 Å². The molecule has 3 N–H and O–H groups in total. The number of halogens is 2. The first kappa shape index (κ1) is 25.9. The van der Waals surface area contributed by atoms with E-state index in [2.05, 4.69) is 29.4 Å². The number of anilines is 2. The zero-order chi connectivity index (χ0) is 24.5. The molecule has 0 aliphatic rings. The summed E-state index contributed by atoms with van der Waals surface area (Å²) < 4.78 is 0. The Bertz CT molecular complexity index is 1100. The molecule has 0 radical (unpaired) electrons. The molecule has 0 fully saturated rings. The second kappa shape index (κ2) is 12.7. The third-order valence-corrected chi connectivity index (χ3v) is 6.16. The molecule has 180 valence electrons. The Morgan fingerprint density at radius 2 is 1.56 bits per heavy atom. The van der Waals surface area contributed by atoms with Crippen LogP contribution in [0.1, 0.15) is 48.2 Å². The molecule has 0 saturated heterocycles. The normalized spacial score (nSPS) is 11.0. The van der Waals surface area contributed by atoms with Gasteiger partial charge in [0.05, 0.1) is 10.0 Å². The van der Waals surface area contributed by atoms with E-state index in [-0.39, 0.29) is 11.7 Å². The van der Waals surface area contributed by atoms with E-state index in [1.165, 1.54) is 0 Å². The lowest BCUT2D eigenvalue weighted by molar-refractivity contribution is 0.0951. The SMILES string of the molecule is CCCN(CCC)Cc1cc(CNC(=O)c2ccc(Nc3ccc(Cl)c(Cl)c3)cc2)ccc1O. The summed E-state index contributed by atoms with van der Waals surface area (Å²) >= 11 is 12.0. The number of amides is 1. The minimum atomic E-state index is -0.158. The molecule has 0 unspecified atom stereocenters. The van der Waals surface area contributed by atoms with Crippen LogP contribution < -0.4 is 10.6 Å². The molecule has 0 spiro atoms. The van der Waals surface area contributed by atoms with Crippen LogP contribution >= 0.6 is 23.2 Å². The lowest BCUT2D eigenvalue weighted by Crippen LogP contribution is -2.25. The number of carbonyl (C=O) groups is 1. The van der Waals surface area contributed by atoms with Gasteiger partial charge in [0.25, 0.3) is 5.91 Å². The summed E-state index contributed by atoms with van der Waals surface area (Å²) in [6, 6.07) is 18.0.